The quantitative estimate of drug-likeness (QED) is 0.676. The first kappa shape index (κ1) is 9.47. The first-order valence-corrected chi connectivity index (χ1v) is 5.66. The average Bonchev–Trinajstić information content (AvgIpc) is 2.19. The Morgan fingerprint density at radius 2 is 1.77 bits per heavy atom. The zero-order chi connectivity index (χ0) is 9.10. The van der Waals surface area contributed by atoms with Crippen molar-refractivity contribution >= 4 is 0 Å². The molecule has 0 unspecified atom stereocenters. The normalized spacial score (nSPS) is 37.6. The standard InChI is InChI=1S/C11H20O2/c12-10-6-7-13-11(8-10)9-4-2-1-3-5-9/h9-12H,1-8H2/t10-,11+/m1/s1. The summed E-state index contributed by atoms with van der Waals surface area (Å²) in [6.45, 7) is 0.766. The van der Waals surface area contributed by atoms with Crippen LogP contribution in [0.3, 0.4) is 0 Å². The van der Waals surface area contributed by atoms with E-state index in [1.807, 2.05) is 0 Å². The lowest BCUT2D eigenvalue weighted by Crippen LogP contribution is -2.35. The van der Waals surface area contributed by atoms with Crippen molar-refractivity contribution in [3.05, 3.63) is 0 Å². The first-order chi connectivity index (χ1) is 6.36. The smallest absolute Gasteiger partial charge is 0.0627 e. The van der Waals surface area contributed by atoms with Crippen molar-refractivity contribution < 1.29 is 9.84 Å². The van der Waals surface area contributed by atoms with E-state index in [4.69, 9.17) is 4.74 Å². The van der Waals surface area contributed by atoms with E-state index in [9.17, 15) is 5.11 Å². The van der Waals surface area contributed by atoms with Gasteiger partial charge >= 0.3 is 0 Å². The van der Waals surface area contributed by atoms with Gasteiger partial charge in [-0.15, -0.1) is 0 Å². The van der Waals surface area contributed by atoms with E-state index >= 15 is 0 Å². The van der Waals surface area contributed by atoms with Gasteiger partial charge in [0.05, 0.1) is 12.2 Å². The maximum absolute atomic E-state index is 9.53. The molecule has 0 aromatic rings. The SMILES string of the molecule is O[C@@H]1CCO[C@H](C2CCCCC2)C1. The first-order valence-electron chi connectivity index (χ1n) is 5.66. The Bertz CT molecular complexity index is 152. The van der Waals surface area contributed by atoms with Gasteiger partial charge in [0.15, 0.2) is 0 Å². The molecule has 0 amide bonds. The molecule has 1 saturated heterocycles. The summed E-state index contributed by atoms with van der Waals surface area (Å²) in [5.74, 6) is 0.740. The summed E-state index contributed by atoms with van der Waals surface area (Å²) < 4.78 is 5.73. The van der Waals surface area contributed by atoms with Gasteiger partial charge in [-0.25, -0.2) is 0 Å². The van der Waals surface area contributed by atoms with E-state index in [1.165, 1.54) is 32.1 Å². The van der Waals surface area contributed by atoms with Crippen molar-refractivity contribution in [1.29, 1.82) is 0 Å². The molecular formula is C11H20O2. The maximum atomic E-state index is 9.53. The molecular weight excluding hydrogens is 164 g/mol. The molecule has 0 spiro atoms. The Morgan fingerprint density at radius 1 is 1.00 bits per heavy atom. The highest BCUT2D eigenvalue weighted by atomic mass is 16.5. The second-order valence-corrected chi connectivity index (χ2v) is 4.49. The third-order valence-electron chi connectivity index (χ3n) is 3.46. The third-order valence-corrected chi connectivity index (χ3v) is 3.46. The number of hydrogen-bond acceptors (Lipinski definition) is 2. The van der Waals surface area contributed by atoms with Crippen molar-refractivity contribution in [3.63, 3.8) is 0 Å². The molecule has 2 rings (SSSR count). The lowest BCUT2D eigenvalue weighted by Gasteiger charge is -2.34. The minimum absolute atomic E-state index is 0.0966. The third kappa shape index (κ3) is 2.44. The molecule has 1 saturated carbocycles. The van der Waals surface area contributed by atoms with Crippen LogP contribution >= 0.6 is 0 Å². The maximum Gasteiger partial charge on any atom is 0.0627 e. The molecule has 2 atom stereocenters. The predicted molar refractivity (Wildman–Crippen MR) is 51.6 cm³/mol. The fourth-order valence-corrected chi connectivity index (χ4v) is 2.64. The van der Waals surface area contributed by atoms with Crippen LogP contribution in [0.15, 0.2) is 0 Å². The van der Waals surface area contributed by atoms with Crippen molar-refractivity contribution in [3.8, 4) is 0 Å². The molecule has 1 heterocycles. The zero-order valence-electron chi connectivity index (χ0n) is 8.24. The predicted octanol–water partition coefficient (Wildman–Crippen LogP) is 2.11. The number of aliphatic hydroxyl groups excluding tert-OH is 1. The van der Waals surface area contributed by atoms with E-state index in [1.54, 1.807) is 0 Å². The van der Waals surface area contributed by atoms with E-state index < -0.39 is 0 Å². The molecule has 1 aliphatic carbocycles. The molecule has 0 aromatic carbocycles. The van der Waals surface area contributed by atoms with Gasteiger partial charge in [-0.1, -0.05) is 19.3 Å². The summed E-state index contributed by atoms with van der Waals surface area (Å²) in [4.78, 5) is 0. The van der Waals surface area contributed by atoms with Crippen LogP contribution in [0.1, 0.15) is 44.9 Å². The second kappa shape index (κ2) is 4.43. The van der Waals surface area contributed by atoms with Crippen LogP contribution in [0.25, 0.3) is 0 Å². The molecule has 0 bridgehead atoms. The van der Waals surface area contributed by atoms with Crippen LogP contribution in [0.2, 0.25) is 0 Å². The average molecular weight is 184 g/mol. The number of aliphatic hydroxyl groups is 1. The van der Waals surface area contributed by atoms with E-state index in [2.05, 4.69) is 0 Å². The molecule has 13 heavy (non-hydrogen) atoms. The van der Waals surface area contributed by atoms with Gasteiger partial charge in [-0.3, -0.25) is 0 Å². The minimum atomic E-state index is -0.0966. The Kier molecular flexibility index (Phi) is 3.23. The summed E-state index contributed by atoms with van der Waals surface area (Å²) in [6.07, 6.45) is 8.74. The zero-order valence-corrected chi connectivity index (χ0v) is 8.24. The van der Waals surface area contributed by atoms with Crippen LogP contribution < -0.4 is 0 Å². The van der Waals surface area contributed by atoms with Gasteiger partial charge in [0.2, 0.25) is 0 Å². The van der Waals surface area contributed by atoms with E-state index in [-0.39, 0.29) is 6.10 Å². The minimum Gasteiger partial charge on any atom is -0.393 e. The van der Waals surface area contributed by atoms with Crippen LogP contribution in [-0.2, 0) is 4.74 Å². The number of rotatable bonds is 1. The van der Waals surface area contributed by atoms with Gasteiger partial charge in [-0.2, -0.15) is 0 Å². The summed E-state index contributed by atoms with van der Waals surface area (Å²) >= 11 is 0. The molecule has 2 fully saturated rings. The summed E-state index contributed by atoms with van der Waals surface area (Å²) in [5, 5.41) is 9.53. The van der Waals surface area contributed by atoms with Gasteiger partial charge in [0, 0.05) is 6.61 Å². The fourth-order valence-electron chi connectivity index (χ4n) is 2.64. The largest absolute Gasteiger partial charge is 0.393 e. The number of ether oxygens (including phenoxy) is 1. The molecule has 2 heteroatoms. The van der Waals surface area contributed by atoms with Crippen molar-refractivity contribution in [2.24, 2.45) is 5.92 Å². The highest BCUT2D eigenvalue weighted by Gasteiger charge is 2.29. The van der Waals surface area contributed by atoms with Gasteiger partial charge < -0.3 is 9.84 Å². The molecule has 0 radical (unpaired) electrons. The topological polar surface area (TPSA) is 29.5 Å². The second-order valence-electron chi connectivity index (χ2n) is 4.49. The van der Waals surface area contributed by atoms with Gasteiger partial charge in [0.1, 0.15) is 0 Å². The Balaban J connectivity index is 1.83. The van der Waals surface area contributed by atoms with Crippen molar-refractivity contribution in [1.82, 2.24) is 0 Å². The molecule has 2 aliphatic rings. The molecule has 76 valence electrons. The fraction of sp³-hybridized carbons (Fsp3) is 1.00. The van der Waals surface area contributed by atoms with Crippen LogP contribution in [0, 0.1) is 5.92 Å². The van der Waals surface area contributed by atoms with E-state index in [0.717, 1.165) is 25.4 Å². The molecule has 0 aromatic heterocycles. The van der Waals surface area contributed by atoms with E-state index in [0.29, 0.717) is 6.10 Å². The summed E-state index contributed by atoms with van der Waals surface area (Å²) in [7, 11) is 0. The monoisotopic (exact) mass is 184 g/mol. The van der Waals surface area contributed by atoms with Crippen molar-refractivity contribution in [2.75, 3.05) is 6.61 Å². The van der Waals surface area contributed by atoms with Crippen LogP contribution in [-0.4, -0.2) is 23.9 Å². The number of hydrogen-bond donors (Lipinski definition) is 1. The highest BCUT2D eigenvalue weighted by Crippen LogP contribution is 2.32. The Labute approximate surface area is 80.3 Å². The van der Waals surface area contributed by atoms with Gasteiger partial charge in [0.25, 0.3) is 0 Å². The molecule has 1 aliphatic heterocycles. The Hall–Kier alpha value is -0.0800. The van der Waals surface area contributed by atoms with Crippen LogP contribution in [0.4, 0.5) is 0 Å². The van der Waals surface area contributed by atoms with Gasteiger partial charge in [-0.05, 0) is 31.6 Å². The van der Waals surface area contributed by atoms with Crippen LogP contribution in [0.5, 0.6) is 0 Å². The highest BCUT2D eigenvalue weighted by molar-refractivity contribution is 4.79. The molecule has 1 N–H and O–H groups in total. The summed E-state index contributed by atoms with van der Waals surface area (Å²) in [6, 6.07) is 0. The summed E-state index contributed by atoms with van der Waals surface area (Å²) in [5.41, 5.74) is 0. The van der Waals surface area contributed by atoms with Crippen molar-refractivity contribution in [2.45, 2.75) is 57.2 Å². The lowest BCUT2D eigenvalue weighted by molar-refractivity contribution is -0.0754. The molecule has 2 nitrogen and oxygen atoms in total. The Morgan fingerprint density at radius 3 is 2.46 bits per heavy atom. The lowest BCUT2D eigenvalue weighted by atomic mass is 9.82.